The minimum atomic E-state index is -2.94. The average molecular weight is 290 g/mol. The van der Waals surface area contributed by atoms with Gasteiger partial charge >= 0.3 is 6.61 Å². The third kappa shape index (κ3) is 3.88. The predicted octanol–water partition coefficient (Wildman–Crippen LogP) is 4.33. The zero-order valence-electron chi connectivity index (χ0n) is 11.9. The summed E-state index contributed by atoms with van der Waals surface area (Å²) in [7, 11) is 0. The second-order valence-corrected chi connectivity index (χ2v) is 4.90. The second kappa shape index (κ2) is 6.48. The Morgan fingerprint density at radius 2 is 1.86 bits per heavy atom. The lowest BCUT2D eigenvalue weighted by Crippen LogP contribution is -2.10. The normalized spacial score (nSPS) is 10.7. The van der Waals surface area contributed by atoms with Crippen molar-refractivity contribution in [3.63, 3.8) is 0 Å². The molecule has 2 rings (SSSR count). The minimum absolute atomic E-state index is 0.0807. The van der Waals surface area contributed by atoms with Gasteiger partial charge in [-0.05, 0) is 37.1 Å². The molecule has 2 aromatic rings. The van der Waals surface area contributed by atoms with Gasteiger partial charge in [0.2, 0.25) is 0 Å². The van der Waals surface area contributed by atoms with Crippen molar-refractivity contribution in [3.05, 3.63) is 64.7 Å². The number of aryl methyl sites for hydroxylation is 2. The molecule has 0 atom stereocenters. The molecule has 4 heteroatoms. The van der Waals surface area contributed by atoms with Crippen LogP contribution in [0.3, 0.4) is 0 Å². The maximum absolute atomic E-state index is 12.4. The highest BCUT2D eigenvalue weighted by molar-refractivity contribution is 6.00. The third-order valence-electron chi connectivity index (χ3n) is 3.26. The molecule has 0 saturated carbocycles. The lowest BCUT2D eigenvalue weighted by atomic mass is 9.97. The van der Waals surface area contributed by atoms with Crippen molar-refractivity contribution in [1.82, 2.24) is 0 Å². The van der Waals surface area contributed by atoms with Crippen LogP contribution < -0.4 is 4.74 Å². The number of alkyl halides is 2. The van der Waals surface area contributed by atoms with Crippen LogP contribution in [0.2, 0.25) is 0 Å². The minimum Gasteiger partial charge on any atom is -0.434 e. The van der Waals surface area contributed by atoms with Crippen LogP contribution in [0.15, 0.2) is 42.5 Å². The Hall–Kier alpha value is -2.23. The van der Waals surface area contributed by atoms with Gasteiger partial charge in [-0.1, -0.05) is 35.9 Å². The van der Waals surface area contributed by atoms with Crippen LogP contribution in [0.5, 0.6) is 5.75 Å². The molecule has 0 heterocycles. The molecule has 0 aliphatic heterocycles. The molecule has 110 valence electrons. The highest BCUT2D eigenvalue weighted by atomic mass is 19.3. The fraction of sp³-hybridized carbons (Fsp3) is 0.235. The summed E-state index contributed by atoms with van der Waals surface area (Å²) in [6.45, 7) is 0.921. The number of ether oxygens (including phenoxy) is 1. The fourth-order valence-corrected chi connectivity index (χ4v) is 2.15. The highest BCUT2D eigenvalue weighted by Crippen LogP contribution is 2.23. The van der Waals surface area contributed by atoms with Gasteiger partial charge in [0.15, 0.2) is 5.78 Å². The van der Waals surface area contributed by atoms with E-state index in [2.05, 4.69) is 4.74 Å². The van der Waals surface area contributed by atoms with Crippen LogP contribution in [0.4, 0.5) is 8.78 Å². The van der Waals surface area contributed by atoms with E-state index in [9.17, 15) is 13.6 Å². The van der Waals surface area contributed by atoms with Gasteiger partial charge in [0, 0.05) is 6.42 Å². The van der Waals surface area contributed by atoms with Crippen LogP contribution in [0.25, 0.3) is 0 Å². The number of benzene rings is 2. The van der Waals surface area contributed by atoms with Gasteiger partial charge in [0.05, 0.1) is 5.56 Å². The summed E-state index contributed by atoms with van der Waals surface area (Å²) in [5.74, 6) is -0.317. The van der Waals surface area contributed by atoms with Gasteiger partial charge < -0.3 is 4.74 Å². The molecule has 0 aromatic heterocycles. The molecule has 0 bridgehead atoms. The zero-order chi connectivity index (χ0) is 15.4. The Kier molecular flexibility index (Phi) is 4.68. The van der Waals surface area contributed by atoms with E-state index in [1.54, 1.807) is 12.1 Å². The van der Waals surface area contributed by atoms with Crippen molar-refractivity contribution in [2.24, 2.45) is 0 Å². The molecule has 0 unspecified atom stereocenters. The molecular weight excluding hydrogens is 274 g/mol. The lowest BCUT2D eigenvalue weighted by molar-refractivity contribution is -0.0501. The van der Waals surface area contributed by atoms with Crippen LogP contribution >= 0.6 is 0 Å². The van der Waals surface area contributed by atoms with Crippen LogP contribution in [-0.2, 0) is 6.42 Å². The molecule has 0 saturated heterocycles. The Morgan fingerprint density at radius 3 is 2.57 bits per heavy atom. The smallest absolute Gasteiger partial charge is 0.387 e. The molecule has 0 fully saturated rings. The summed E-state index contributed by atoms with van der Waals surface area (Å²) < 4.78 is 29.2. The van der Waals surface area contributed by atoms with Crippen LogP contribution in [-0.4, -0.2) is 12.4 Å². The second-order valence-electron chi connectivity index (χ2n) is 4.90. The fourth-order valence-electron chi connectivity index (χ4n) is 2.15. The molecular formula is C17H16F2O2. The maximum atomic E-state index is 12.4. The summed E-state index contributed by atoms with van der Waals surface area (Å²) >= 11 is 0. The number of ketones is 1. The molecule has 0 spiro atoms. The van der Waals surface area contributed by atoms with E-state index >= 15 is 0 Å². The van der Waals surface area contributed by atoms with E-state index in [1.807, 2.05) is 32.0 Å². The maximum Gasteiger partial charge on any atom is 0.387 e. The van der Waals surface area contributed by atoms with E-state index in [1.165, 1.54) is 12.1 Å². The first-order valence-electron chi connectivity index (χ1n) is 6.60. The van der Waals surface area contributed by atoms with Crippen molar-refractivity contribution in [2.45, 2.75) is 26.9 Å². The number of para-hydroxylation sites is 1. The number of hydrogen-bond donors (Lipinski definition) is 0. The van der Waals surface area contributed by atoms with Crippen molar-refractivity contribution in [1.29, 1.82) is 0 Å². The number of hydrogen-bond acceptors (Lipinski definition) is 2. The first kappa shape index (κ1) is 15.2. The first-order chi connectivity index (χ1) is 9.97. The van der Waals surface area contributed by atoms with Gasteiger partial charge in [-0.2, -0.15) is 8.78 Å². The molecule has 2 aromatic carbocycles. The van der Waals surface area contributed by atoms with Crippen LogP contribution in [0, 0.1) is 13.8 Å². The molecule has 0 aliphatic rings. The van der Waals surface area contributed by atoms with Gasteiger partial charge in [0.1, 0.15) is 5.75 Å². The summed E-state index contributed by atoms with van der Waals surface area (Å²) in [5, 5.41) is 0. The van der Waals surface area contributed by atoms with E-state index < -0.39 is 6.61 Å². The molecule has 0 aliphatic carbocycles. The Bertz CT molecular complexity index is 651. The number of halogens is 2. The third-order valence-corrected chi connectivity index (χ3v) is 3.26. The van der Waals surface area contributed by atoms with Gasteiger partial charge in [-0.25, -0.2) is 0 Å². The summed E-state index contributed by atoms with van der Waals surface area (Å²) in [5.41, 5.74) is 3.13. The van der Waals surface area contributed by atoms with E-state index in [0.29, 0.717) is 0 Å². The quantitative estimate of drug-likeness (QED) is 0.766. The van der Waals surface area contributed by atoms with Crippen molar-refractivity contribution in [2.75, 3.05) is 0 Å². The SMILES string of the molecule is Cc1ccc(C)c(CC(=O)c2ccccc2OC(F)F)c1. The monoisotopic (exact) mass is 290 g/mol. The first-order valence-corrected chi connectivity index (χ1v) is 6.60. The van der Waals surface area contributed by atoms with E-state index in [-0.39, 0.29) is 23.5 Å². The zero-order valence-corrected chi connectivity index (χ0v) is 11.9. The number of carbonyl (C=O) groups excluding carboxylic acids is 1. The number of Topliss-reactive ketones (excluding diaryl/α,β-unsaturated/α-hetero) is 1. The van der Waals surface area contributed by atoms with Crippen molar-refractivity contribution < 1.29 is 18.3 Å². The van der Waals surface area contributed by atoms with Crippen molar-refractivity contribution >= 4 is 5.78 Å². The van der Waals surface area contributed by atoms with Crippen molar-refractivity contribution in [3.8, 4) is 5.75 Å². The van der Waals surface area contributed by atoms with Gasteiger partial charge in [0.25, 0.3) is 0 Å². The predicted molar refractivity (Wildman–Crippen MR) is 77.0 cm³/mol. The summed E-state index contributed by atoms with van der Waals surface area (Å²) in [6, 6.07) is 11.9. The summed E-state index contributed by atoms with van der Waals surface area (Å²) in [6.07, 6.45) is 0.164. The number of carbonyl (C=O) groups is 1. The molecule has 21 heavy (non-hydrogen) atoms. The largest absolute Gasteiger partial charge is 0.434 e. The molecule has 0 radical (unpaired) electrons. The van der Waals surface area contributed by atoms with E-state index in [4.69, 9.17) is 0 Å². The topological polar surface area (TPSA) is 26.3 Å². The standard InChI is InChI=1S/C17H16F2O2/c1-11-7-8-12(2)13(9-11)10-15(20)14-5-3-4-6-16(14)21-17(18)19/h3-9,17H,10H2,1-2H3. The van der Waals surface area contributed by atoms with Crippen LogP contribution in [0.1, 0.15) is 27.0 Å². The van der Waals surface area contributed by atoms with E-state index in [0.717, 1.165) is 16.7 Å². The van der Waals surface area contributed by atoms with Gasteiger partial charge in [-0.15, -0.1) is 0 Å². The number of rotatable bonds is 5. The van der Waals surface area contributed by atoms with Gasteiger partial charge in [-0.3, -0.25) is 4.79 Å². The summed E-state index contributed by atoms with van der Waals surface area (Å²) in [4.78, 5) is 12.4. The highest BCUT2D eigenvalue weighted by Gasteiger charge is 2.16. The molecule has 0 amide bonds. The lowest BCUT2D eigenvalue weighted by Gasteiger charge is -2.11. The average Bonchev–Trinajstić information content (AvgIpc) is 2.42. The Morgan fingerprint density at radius 1 is 1.14 bits per heavy atom. The Labute approximate surface area is 122 Å². The molecule has 2 nitrogen and oxygen atoms in total. The Balaban J connectivity index is 2.26. The molecule has 0 N–H and O–H groups in total.